The Bertz CT molecular complexity index is 1250. The van der Waals surface area contributed by atoms with Crippen molar-refractivity contribution in [2.24, 2.45) is 0 Å². The number of benzene rings is 2. The van der Waals surface area contributed by atoms with Crippen LogP contribution in [-0.2, 0) is 4.79 Å². The highest BCUT2D eigenvalue weighted by Crippen LogP contribution is 2.31. The lowest BCUT2D eigenvalue weighted by Crippen LogP contribution is -2.16. The number of amides is 1. The van der Waals surface area contributed by atoms with Crippen LogP contribution in [0.2, 0.25) is 0 Å². The highest BCUT2D eigenvalue weighted by atomic mass is 32.1. The molecule has 6 heteroatoms. The second-order valence-electron chi connectivity index (χ2n) is 7.41. The number of nitrogens with one attached hydrogen (secondary N) is 1. The average Bonchev–Trinajstić information content (AvgIpc) is 3.31. The molecule has 4 aromatic rings. The molecule has 0 atom stereocenters. The van der Waals surface area contributed by atoms with Gasteiger partial charge < -0.3 is 5.32 Å². The van der Waals surface area contributed by atoms with Crippen molar-refractivity contribution >= 4 is 39.2 Å². The molecule has 1 N–H and O–H groups in total. The average molecular weight is 418 g/mol. The number of para-hydroxylation sites is 1. The van der Waals surface area contributed by atoms with E-state index in [9.17, 15) is 9.59 Å². The van der Waals surface area contributed by atoms with E-state index in [1.165, 1.54) is 22.5 Å². The van der Waals surface area contributed by atoms with E-state index in [4.69, 9.17) is 0 Å². The second kappa shape index (κ2) is 8.24. The van der Waals surface area contributed by atoms with Gasteiger partial charge in [0.05, 0.1) is 11.2 Å². The summed E-state index contributed by atoms with van der Waals surface area (Å²) in [7, 11) is 0. The molecule has 0 radical (unpaired) electrons. The number of aryl methyl sites for hydroxylation is 3. The van der Waals surface area contributed by atoms with E-state index in [2.05, 4.69) is 42.3 Å². The summed E-state index contributed by atoms with van der Waals surface area (Å²) in [4.78, 5) is 30.6. The third-order valence-corrected chi connectivity index (χ3v) is 6.14. The summed E-state index contributed by atoms with van der Waals surface area (Å²) < 4.78 is 1.61. The van der Waals surface area contributed by atoms with E-state index in [1.807, 2.05) is 37.3 Å². The van der Waals surface area contributed by atoms with Gasteiger partial charge in [-0.15, -0.1) is 11.3 Å². The maximum absolute atomic E-state index is 12.5. The molecule has 0 unspecified atom stereocenters. The zero-order valence-corrected chi connectivity index (χ0v) is 18.0. The van der Waals surface area contributed by atoms with E-state index in [0.29, 0.717) is 5.13 Å². The summed E-state index contributed by atoms with van der Waals surface area (Å²) in [6, 6.07) is 15.9. The molecule has 4 rings (SSSR count). The summed E-state index contributed by atoms with van der Waals surface area (Å²) in [5.74, 6) is -0.308. The summed E-state index contributed by atoms with van der Waals surface area (Å²) in [6.07, 6.45) is 2.01. The van der Waals surface area contributed by atoms with Crippen molar-refractivity contribution in [1.82, 2.24) is 9.55 Å². The lowest BCUT2D eigenvalue weighted by Gasteiger charge is -2.05. The quantitative estimate of drug-likeness (QED) is 0.450. The highest BCUT2D eigenvalue weighted by molar-refractivity contribution is 7.16. The third-order valence-electron chi connectivity index (χ3n) is 5.26. The van der Waals surface area contributed by atoms with E-state index in [0.717, 1.165) is 27.0 Å². The predicted octanol–water partition coefficient (Wildman–Crippen LogP) is 5.75. The van der Waals surface area contributed by atoms with Crippen molar-refractivity contribution in [3.05, 3.63) is 70.7 Å². The lowest BCUT2D eigenvalue weighted by atomic mass is 10.0. The molecule has 2 aromatic heterocycles. The third kappa shape index (κ3) is 4.04. The summed E-state index contributed by atoms with van der Waals surface area (Å²) >= 11 is 1.45. The molecule has 0 saturated heterocycles. The van der Waals surface area contributed by atoms with Crippen molar-refractivity contribution in [2.75, 3.05) is 5.32 Å². The number of thiazole rings is 1. The smallest absolute Gasteiger partial charge is 0.231 e. The minimum atomic E-state index is -0.208. The number of nitrogens with zero attached hydrogens (tertiary/aromatic N) is 2. The van der Waals surface area contributed by atoms with Gasteiger partial charge in [-0.05, 0) is 50.1 Å². The van der Waals surface area contributed by atoms with Gasteiger partial charge in [0.25, 0.3) is 0 Å². The second-order valence-corrected chi connectivity index (χ2v) is 8.61. The Kier molecular flexibility index (Phi) is 5.50. The topological polar surface area (TPSA) is 64.0 Å². The normalized spacial score (nSPS) is 11.0. The van der Waals surface area contributed by atoms with Crippen LogP contribution in [-0.4, -0.2) is 21.4 Å². The highest BCUT2D eigenvalue weighted by Gasteiger charge is 2.15. The number of hydrogen-bond acceptors (Lipinski definition) is 4. The van der Waals surface area contributed by atoms with E-state index in [-0.39, 0.29) is 24.7 Å². The van der Waals surface area contributed by atoms with Gasteiger partial charge in [0, 0.05) is 34.9 Å². The number of fused-ring (bicyclic) bond motifs is 1. The lowest BCUT2D eigenvalue weighted by molar-refractivity contribution is -0.116. The maximum atomic E-state index is 12.5. The van der Waals surface area contributed by atoms with Crippen LogP contribution in [0.25, 0.3) is 22.2 Å². The van der Waals surface area contributed by atoms with Crippen LogP contribution in [0, 0.1) is 20.8 Å². The monoisotopic (exact) mass is 417 g/mol. The summed E-state index contributed by atoms with van der Waals surface area (Å²) in [5, 5.41) is 4.41. The number of hydrogen-bond donors (Lipinski definition) is 1. The van der Waals surface area contributed by atoms with Gasteiger partial charge >= 0.3 is 0 Å². The Morgan fingerprint density at radius 2 is 1.80 bits per heavy atom. The molecule has 0 fully saturated rings. The van der Waals surface area contributed by atoms with Crippen LogP contribution in [0.5, 0.6) is 0 Å². The molecule has 0 spiro atoms. The number of rotatable bonds is 5. The van der Waals surface area contributed by atoms with Gasteiger partial charge in [0.2, 0.25) is 11.8 Å². The van der Waals surface area contributed by atoms with Crippen molar-refractivity contribution in [2.45, 2.75) is 33.6 Å². The summed E-state index contributed by atoms with van der Waals surface area (Å²) in [5.41, 5.74) is 5.23. The van der Waals surface area contributed by atoms with Crippen LogP contribution in [0.15, 0.2) is 54.7 Å². The number of carbonyl (C=O) groups is 2. The molecule has 0 aliphatic heterocycles. The fraction of sp³-hybridized carbons (Fsp3) is 0.208. The molecular formula is C24H23N3O2S. The number of aromatic nitrogens is 2. The van der Waals surface area contributed by atoms with Crippen molar-refractivity contribution < 1.29 is 9.59 Å². The van der Waals surface area contributed by atoms with E-state index in [1.54, 1.807) is 10.8 Å². The molecule has 1 amide bonds. The zero-order valence-electron chi connectivity index (χ0n) is 17.2. The maximum Gasteiger partial charge on any atom is 0.231 e. The first-order valence-corrected chi connectivity index (χ1v) is 10.7. The minimum absolute atomic E-state index is 0.0995. The molecule has 0 aliphatic carbocycles. The molecular weight excluding hydrogens is 394 g/mol. The van der Waals surface area contributed by atoms with Gasteiger partial charge in [0.15, 0.2) is 5.13 Å². The van der Waals surface area contributed by atoms with E-state index >= 15 is 0 Å². The Balaban J connectivity index is 1.41. The molecule has 2 aromatic carbocycles. The van der Waals surface area contributed by atoms with Gasteiger partial charge in [0.1, 0.15) is 0 Å². The first-order chi connectivity index (χ1) is 14.4. The molecule has 2 heterocycles. The largest absolute Gasteiger partial charge is 0.302 e. The zero-order chi connectivity index (χ0) is 21.3. The first-order valence-electron chi connectivity index (χ1n) is 9.86. The molecule has 5 nitrogen and oxygen atoms in total. The van der Waals surface area contributed by atoms with Crippen molar-refractivity contribution in [1.29, 1.82) is 0 Å². The molecule has 0 aliphatic rings. The minimum Gasteiger partial charge on any atom is -0.302 e. The fourth-order valence-corrected chi connectivity index (χ4v) is 4.28. The van der Waals surface area contributed by atoms with Crippen LogP contribution in [0.4, 0.5) is 5.13 Å². The molecule has 30 heavy (non-hydrogen) atoms. The first kappa shape index (κ1) is 20.0. The fourth-order valence-electron chi connectivity index (χ4n) is 3.43. The van der Waals surface area contributed by atoms with E-state index < -0.39 is 0 Å². The van der Waals surface area contributed by atoms with Crippen LogP contribution in [0.1, 0.15) is 33.6 Å². The molecule has 0 bridgehead atoms. The Labute approximate surface area is 179 Å². The standard InChI is InChI=1S/C24H23N3O2S/c1-15-8-9-19(14-16(15)2)23-17(3)30-24(26-23)25-21(28)10-11-22(29)27-13-12-18-6-4-5-7-20(18)27/h4-9,12-14H,10-11H2,1-3H3,(H,25,26,28). The number of anilines is 1. The number of carbonyl (C=O) groups excluding carboxylic acids is 2. The van der Waals surface area contributed by atoms with Gasteiger partial charge in [-0.25, -0.2) is 4.98 Å². The van der Waals surface area contributed by atoms with Gasteiger partial charge in [-0.1, -0.05) is 30.3 Å². The Morgan fingerprint density at radius 1 is 1.00 bits per heavy atom. The van der Waals surface area contributed by atoms with Crippen LogP contribution < -0.4 is 5.32 Å². The van der Waals surface area contributed by atoms with Gasteiger partial charge in [-0.3, -0.25) is 14.2 Å². The van der Waals surface area contributed by atoms with Crippen molar-refractivity contribution in [3.8, 4) is 11.3 Å². The summed E-state index contributed by atoms with van der Waals surface area (Å²) in [6.45, 7) is 6.16. The SMILES string of the molecule is Cc1ccc(-c2nc(NC(=O)CCC(=O)n3ccc4ccccc43)sc2C)cc1C. The van der Waals surface area contributed by atoms with Crippen LogP contribution >= 0.6 is 11.3 Å². The van der Waals surface area contributed by atoms with Gasteiger partial charge in [-0.2, -0.15) is 0 Å². The Hall–Kier alpha value is -3.25. The molecule has 152 valence electrons. The molecule has 0 saturated carbocycles. The van der Waals surface area contributed by atoms with Crippen LogP contribution in [0.3, 0.4) is 0 Å². The predicted molar refractivity (Wildman–Crippen MR) is 122 cm³/mol. The van der Waals surface area contributed by atoms with Crippen molar-refractivity contribution in [3.63, 3.8) is 0 Å². The Morgan fingerprint density at radius 3 is 2.60 bits per heavy atom.